The van der Waals surface area contributed by atoms with Gasteiger partial charge in [0, 0.05) is 12.2 Å². The normalized spacial score (nSPS) is 12.2. The zero-order valence-corrected chi connectivity index (χ0v) is 12.9. The summed E-state index contributed by atoms with van der Waals surface area (Å²) in [5, 5.41) is 8.85. The number of carbonyl (C=O) groups excluding carboxylic acids is 1. The van der Waals surface area contributed by atoms with Crippen molar-refractivity contribution in [3.8, 4) is 0 Å². The lowest BCUT2D eigenvalue weighted by Crippen LogP contribution is -2.45. The molecule has 0 heterocycles. The minimum absolute atomic E-state index is 0.103. The number of aliphatic carboxylic acids is 1. The Kier molecular flexibility index (Phi) is 6.37. The number of nitrogens with two attached hydrogens (primary N) is 1. The Labute approximate surface area is 125 Å². The molecular weight excluding hydrogens is 268 g/mol. The molecule has 0 aliphatic heterocycles. The largest absolute Gasteiger partial charge is 0.481 e. The van der Waals surface area contributed by atoms with Gasteiger partial charge in [0.25, 0.3) is 0 Å². The number of hydrogen-bond donors (Lipinski definition) is 2. The maximum absolute atomic E-state index is 12.5. The number of amides is 1. The Morgan fingerprint density at radius 3 is 2.29 bits per heavy atom. The number of benzene rings is 1. The van der Waals surface area contributed by atoms with Crippen LogP contribution in [0.4, 0.5) is 5.69 Å². The fraction of sp³-hybridized carbons (Fsp3) is 0.500. The molecule has 5 heteroatoms. The van der Waals surface area contributed by atoms with Crippen molar-refractivity contribution >= 4 is 17.6 Å². The molecular formula is C16H24N2O3. The van der Waals surface area contributed by atoms with Crippen LogP contribution in [0.5, 0.6) is 0 Å². The van der Waals surface area contributed by atoms with Gasteiger partial charge in [-0.2, -0.15) is 0 Å². The molecule has 0 aliphatic carbocycles. The SMILES string of the molecule is Cc1ccc(N(CCC(=O)O)C(=O)[C@H](N)CC(C)C)cc1. The number of anilines is 1. The monoisotopic (exact) mass is 292 g/mol. The molecule has 0 radical (unpaired) electrons. The minimum Gasteiger partial charge on any atom is -0.481 e. The topological polar surface area (TPSA) is 83.6 Å². The number of carbonyl (C=O) groups is 2. The van der Waals surface area contributed by atoms with E-state index in [9.17, 15) is 9.59 Å². The number of hydrogen-bond acceptors (Lipinski definition) is 3. The number of carboxylic acid groups (broad SMARTS) is 1. The van der Waals surface area contributed by atoms with E-state index in [1.54, 1.807) is 0 Å². The van der Waals surface area contributed by atoms with Crippen molar-refractivity contribution < 1.29 is 14.7 Å². The van der Waals surface area contributed by atoms with Gasteiger partial charge in [0.15, 0.2) is 0 Å². The van der Waals surface area contributed by atoms with E-state index in [0.29, 0.717) is 18.0 Å². The molecule has 0 aliphatic rings. The van der Waals surface area contributed by atoms with Crippen LogP contribution in [0.25, 0.3) is 0 Å². The average Bonchev–Trinajstić information content (AvgIpc) is 2.39. The van der Waals surface area contributed by atoms with Gasteiger partial charge in [-0.25, -0.2) is 0 Å². The van der Waals surface area contributed by atoms with Gasteiger partial charge in [-0.05, 0) is 31.4 Å². The van der Waals surface area contributed by atoms with Gasteiger partial charge in [0.1, 0.15) is 0 Å². The Hall–Kier alpha value is -1.88. The van der Waals surface area contributed by atoms with E-state index in [-0.39, 0.29) is 18.9 Å². The van der Waals surface area contributed by atoms with Crippen LogP contribution in [0, 0.1) is 12.8 Å². The first-order chi connectivity index (χ1) is 9.81. The highest BCUT2D eigenvalue weighted by Crippen LogP contribution is 2.18. The molecule has 0 unspecified atom stereocenters. The molecule has 1 rings (SSSR count). The standard InChI is InChI=1S/C16H24N2O3/c1-11(2)10-14(17)16(21)18(9-8-15(19)20)13-6-4-12(3)5-7-13/h4-7,11,14H,8-10,17H2,1-3H3,(H,19,20)/t14-/m1/s1. The summed E-state index contributed by atoms with van der Waals surface area (Å²) in [5.74, 6) is -0.852. The molecule has 0 aromatic heterocycles. The van der Waals surface area contributed by atoms with E-state index in [4.69, 9.17) is 10.8 Å². The summed E-state index contributed by atoms with van der Waals surface area (Å²) in [6, 6.07) is 6.81. The Balaban J connectivity index is 2.93. The third kappa shape index (κ3) is 5.55. The summed E-state index contributed by atoms with van der Waals surface area (Å²) in [4.78, 5) is 24.7. The lowest BCUT2D eigenvalue weighted by Gasteiger charge is -2.26. The highest BCUT2D eigenvalue weighted by Gasteiger charge is 2.23. The van der Waals surface area contributed by atoms with Crippen molar-refractivity contribution in [2.75, 3.05) is 11.4 Å². The fourth-order valence-corrected chi connectivity index (χ4v) is 2.11. The third-order valence-corrected chi connectivity index (χ3v) is 3.20. The van der Waals surface area contributed by atoms with Gasteiger partial charge in [-0.15, -0.1) is 0 Å². The molecule has 0 saturated heterocycles. The molecule has 1 aromatic carbocycles. The molecule has 1 atom stereocenters. The summed E-state index contributed by atoms with van der Waals surface area (Å²) in [7, 11) is 0. The van der Waals surface area contributed by atoms with E-state index < -0.39 is 12.0 Å². The number of aryl methyl sites for hydroxylation is 1. The van der Waals surface area contributed by atoms with Crippen molar-refractivity contribution in [2.45, 2.75) is 39.7 Å². The quantitative estimate of drug-likeness (QED) is 0.806. The van der Waals surface area contributed by atoms with Gasteiger partial charge < -0.3 is 15.7 Å². The van der Waals surface area contributed by atoms with Crippen molar-refractivity contribution in [3.05, 3.63) is 29.8 Å². The van der Waals surface area contributed by atoms with E-state index in [1.165, 1.54) is 4.90 Å². The second-order valence-corrected chi connectivity index (χ2v) is 5.71. The molecule has 0 bridgehead atoms. The van der Waals surface area contributed by atoms with Gasteiger partial charge in [0.2, 0.25) is 5.91 Å². The molecule has 1 aromatic rings. The number of nitrogens with zero attached hydrogens (tertiary/aromatic N) is 1. The van der Waals surface area contributed by atoms with Crippen LogP contribution in [0.2, 0.25) is 0 Å². The summed E-state index contributed by atoms with van der Waals surface area (Å²) in [6.07, 6.45) is 0.474. The Morgan fingerprint density at radius 2 is 1.81 bits per heavy atom. The molecule has 0 fully saturated rings. The highest BCUT2D eigenvalue weighted by molar-refractivity contribution is 5.97. The first-order valence-electron chi connectivity index (χ1n) is 7.16. The molecule has 116 valence electrons. The molecule has 5 nitrogen and oxygen atoms in total. The zero-order valence-electron chi connectivity index (χ0n) is 12.9. The predicted molar refractivity (Wildman–Crippen MR) is 83.2 cm³/mol. The lowest BCUT2D eigenvalue weighted by molar-refractivity contribution is -0.136. The Bertz CT molecular complexity index is 483. The molecule has 0 saturated carbocycles. The average molecular weight is 292 g/mol. The van der Waals surface area contributed by atoms with Crippen molar-refractivity contribution in [1.82, 2.24) is 0 Å². The maximum Gasteiger partial charge on any atom is 0.305 e. The van der Waals surface area contributed by atoms with Crippen molar-refractivity contribution in [2.24, 2.45) is 11.7 Å². The van der Waals surface area contributed by atoms with E-state index >= 15 is 0 Å². The van der Waals surface area contributed by atoms with Crippen LogP contribution in [0.15, 0.2) is 24.3 Å². The van der Waals surface area contributed by atoms with E-state index in [2.05, 4.69) is 0 Å². The number of rotatable bonds is 7. The van der Waals surface area contributed by atoms with Gasteiger partial charge in [-0.1, -0.05) is 31.5 Å². The third-order valence-electron chi connectivity index (χ3n) is 3.20. The van der Waals surface area contributed by atoms with Gasteiger partial charge in [0.05, 0.1) is 12.5 Å². The summed E-state index contributed by atoms with van der Waals surface area (Å²) in [6.45, 7) is 6.09. The lowest BCUT2D eigenvalue weighted by atomic mass is 10.0. The van der Waals surface area contributed by atoms with Crippen LogP contribution in [0.3, 0.4) is 0 Å². The van der Waals surface area contributed by atoms with Crippen LogP contribution >= 0.6 is 0 Å². The van der Waals surface area contributed by atoms with E-state index in [1.807, 2.05) is 45.0 Å². The fourth-order valence-electron chi connectivity index (χ4n) is 2.11. The van der Waals surface area contributed by atoms with Crippen LogP contribution in [-0.4, -0.2) is 29.6 Å². The van der Waals surface area contributed by atoms with Gasteiger partial charge in [-0.3, -0.25) is 9.59 Å². The molecule has 1 amide bonds. The minimum atomic E-state index is -0.933. The maximum atomic E-state index is 12.5. The summed E-state index contributed by atoms with van der Waals surface area (Å²) < 4.78 is 0. The number of carboxylic acids is 1. The second kappa shape index (κ2) is 7.78. The first kappa shape index (κ1) is 17.2. The van der Waals surface area contributed by atoms with Crippen LogP contribution < -0.4 is 10.6 Å². The Morgan fingerprint density at radius 1 is 1.24 bits per heavy atom. The van der Waals surface area contributed by atoms with E-state index in [0.717, 1.165) is 5.56 Å². The summed E-state index contributed by atoms with van der Waals surface area (Å²) >= 11 is 0. The van der Waals surface area contributed by atoms with Crippen LogP contribution in [-0.2, 0) is 9.59 Å². The molecule has 21 heavy (non-hydrogen) atoms. The zero-order chi connectivity index (χ0) is 16.0. The molecule has 3 N–H and O–H groups in total. The first-order valence-corrected chi connectivity index (χ1v) is 7.16. The smallest absolute Gasteiger partial charge is 0.305 e. The van der Waals surface area contributed by atoms with Gasteiger partial charge >= 0.3 is 5.97 Å². The highest BCUT2D eigenvalue weighted by atomic mass is 16.4. The molecule has 0 spiro atoms. The predicted octanol–water partition coefficient (Wildman–Crippen LogP) is 2.18. The van der Waals surface area contributed by atoms with Crippen LogP contribution in [0.1, 0.15) is 32.3 Å². The second-order valence-electron chi connectivity index (χ2n) is 5.71. The van der Waals surface area contributed by atoms with Crippen molar-refractivity contribution in [3.63, 3.8) is 0 Å². The van der Waals surface area contributed by atoms with Crippen molar-refractivity contribution in [1.29, 1.82) is 0 Å². The summed E-state index contributed by atoms with van der Waals surface area (Å²) in [5.41, 5.74) is 7.72.